The third kappa shape index (κ3) is 7.33. The first kappa shape index (κ1) is 23.2. The van der Waals surface area contributed by atoms with Gasteiger partial charge in [-0.1, -0.05) is 13.8 Å². The molecule has 0 aromatic carbocycles. The number of amides is 2. The number of carbonyl (C=O) groups is 2. The largest absolute Gasteiger partial charge is 0.449 e. The smallest absolute Gasteiger partial charge is 0.434 e. The molecule has 1 aliphatic rings. The maximum absolute atomic E-state index is 12.5. The van der Waals surface area contributed by atoms with Crippen LogP contribution in [0.3, 0.4) is 0 Å². The van der Waals surface area contributed by atoms with E-state index in [0.29, 0.717) is 0 Å². The summed E-state index contributed by atoms with van der Waals surface area (Å²) >= 11 is 0. The number of piperidine rings is 1. The van der Waals surface area contributed by atoms with Crippen LogP contribution in [0, 0.1) is 5.92 Å². The van der Waals surface area contributed by atoms with Crippen LogP contribution in [0.5, 0.6) is 0 Å². The van der Waals surface area contributed by atoms with Crippen molar-refractivity contribution in [2.45, 2.75) is 57.6 Å². The quantitative estimate of drug-likeness (QED) is 0.718. The predicted molar refractivity (Wildman–Crippen MR) is 80.9 cm³/mol. The molecule has 27 heavy (non-hydrogen) atoms. The Morgan fingerprint density at radius 1 is 1.07 bits per heavy atom. The van der Waals surface area contributed by atoms with Gasteiger partial charge in [-0.2, -0.15) is 26.3 Å². The molecule has 1 N–H and O–H groups in total. The molecule has 0 radical (unpaired) electrons. The zero-order valence-corrected chi connectivity index (χ0v) is 15.0. The molecule has 1 saturated heterocycles. The highest BCUT2D eigenvalue weighted by Crippen LogP contribution is 2.36. The fraction of sp³-hybridized carbons (Fsp3) is 0.867. The van der Waals surface area contributed by atoms with Crippen molar-refractivity contribution in [1.82, 2.24) is 10.2 Å². The number of hydrogen-bond donors (Lipinski definition) is 1. The van der Waals surface area contributed by atoms with Crippen LogP contribution >= 0.6 is 0 Å². The van der Waals surface area contributed by atoms with Gasteiger partial charge >= 0.3 is 24.5 Å². The Morgan fingerprint density at radius 3 is 1.96 bits per heavy atom. The molecule has 0 aliphatic carbocycles. The van der Waals surface area contributed by atoms with Crippen LogP contribution in [0.1, 0.15) is 33.6 Å². The summed E-state index contributed by atoms with van der Waals surface area (Å²) in [5.74, 6) is 0.121. The van der Waals surface area contributed by atoms with Gasteiger partial charge in [-0.25, -0.2) is 9.59 Å². The first-order valence-electron chi connectivity index (χ1n) is 8.18. The maximum atomic E-state index is 12.5. The summed E-state index contributed by atoms with van der Waals surface area (Å²) in [7, 11) is 0. The summed E-state index contributed by atoms with van der Waals surface area (Å²) in [6.45, 7) is 5.16. The monoisotopic (exact) mass is 408 g/mol. The van der Waals surface area contributed by atoms with Gasteiger partial charge in [0.15, 0.2) is 0 Å². The summed E-state index contributed by atoms with van der Waals surface area (Å²) in [6, 6.07) is 0. The van der Waals surface area contributed by atoms with E-state index in [0.717, 1.165) is 4.90 Å². The highest BCUT2D eigenvalue weighted by atomic mass is 19.4. The summed E-state index contributed by atoms with van der Waals surface area (Å²) in [4.78, 5) is 24.2. The van der Waals surface area contributed by atoms with Gasteiger partial charge in [-0.3, -0.25) is 0 Å². The number of nitrogens with zero attached hydrogens (tertiary/aromatic N) is 1. The van der Waals surface area contributed by atoms with E-state index >= 15 is 0 Å². The van der Waals surface area contributed by atoms with Gasteiger partial charge < -0.3 is 19.7 Å². The molecule has 6 nitrogen and oxygen atoms in total. The highest BCUT2D eigenvalue weighted by Gasteiger charge is 2.60. The number of nitrogens with one attached hydrogen (secondary N) is 1. The lowest BCUT2D eigenvalue weighted by Crippen LogP contribution is -2.55. The van der Waals surface area contributed by atoms with Gasteiger partial charge in [0.25, 0.3) is 6.10 Å². The molecular weight excluding hydrogens is 386 g/mol. The number of halogens is 6. The molecule has 0 unspecified atom stereocenters. The third-order valence-electron chi connectivity index (χ3n) is 3.89. The Bertz CT molecular complexity index is 513. The molecule has 12 heteroatoms. The van der Waals surface area contributed by atoms with Gasteiger partial charge in [0, 0.05) is 18.6 Å². The Kier molecular flexibility index (Phi) is 7.23. The molecule has 0 bridgehead atoms. The molecule has 1 aliphatic heterocycles. The lowest BCUT2D eigenvalue weighted by atomic mass is 9.90. The van der Waals surface area contributed by atoms with Crippen molar-refractivity contribution in [3.8, 4) is 0 Å². The number of hydrogen-bond acceptors (Lipinski definition) is 4. The number of ether oxygens (including phenoxy) is 2. The second kappa shape index (κ2) is 8.42. The molecule has 0 atom stereocenters. The second-order valence-corrected chi connectivity index (χ2v) is 7.01. The molecular formula is C15H22F6N2O4. The zero-order valence-electron chi connectivity index (χ0n) is 15.0. The fourth-order valence-corrected chi connectivity index (χ4v) is 2.33. The van der Waals surface area contributed by atoms with E-state index in [1.807, 2.05) is 13.8 Å². The van der Waals surface area contributed by atoms with Gasteiger partial charge in [0.05, 0.1) is 6.61 Å². The molecule has 0 spiro atoms. The highest BCUT2D eigenvalue weighted by molar-refractivity contribution is 5.69. The minimum atomic E-state index is -5.76. The molecule has 0 aromatic rings. The van der Waals surface area contributed by atoms with Gasteiger partial charge in [-0.05, 0) is 25.7 Å². The van der Waals surface area contributed by atoms with Crippen LogP contribution in [0.25, 0.3) is 0 Å². The molecule has 0 saturated carbocycles. The lowest BCUT2D eigenvalue weighted by molar-refractivity contribution is -0.308. The summed E-state index contributed by atoms with van der Waals surface area (Å²) in [5, 5.41) is 2.60. The number of alkyl halides is 6. The van der Waals surface area contributed by atoms with E-state index in [4.69, 9.17) is 4.74 Å². The summed E-state index contributed by atoms with van der Waals surface area (Å²) < 4.78 is 83.4. The topological polar surface area (TPSA) is 67.9 Å². The fourth-order valence-electron chi connectivity index (χ4n) is 2.33. The first-order chi connectivity index (χ1) is 12.1. The Morgan fingerprint density at radius 2 is 1.56 bits per heavy atom. The molecule has 2 amide bonds. The predicted octanol–water partition coefficient (Wildman–Crippen LogP) is 3.85. The van der Waals surface area contributed by atoms with Crippen molar-refractivity contribution in [3.05, 3.63) is 0 Å². The summed E-state index contributed by atoms with van der Waals surface area (Å²) in [5.41, 5.74) is -0.807. The minimum absolute atomic E-state index is 0.113. The summed E-state index contributed by atoms with van der Waals surface area (Å²) in [6.07, 6.45) is -17.9. The molecule has 0 aromatic heterocycles. The Labute approximate surface area is 152 Å². The van der Waals surface area contributed by atoms with Crippen LogP contribution in [0.4, 0.5) is 35.9 Å². The van der Waals surface area contributed by atoms with E-state index < -0.39 is 36.2 Å². The van der Waals surface area contributed by atoms with E-state index in [9.17, 15) is 35.9 Å². The van der Waals surface area contributed by atoms with Crippen LogP contribution < -0.4 is 5.32 Å². The molecule has 1 rings (SSSR count). The number of likely N-dealkylation sites (tertiary alicyclic amines) is 1. The second-order valence-electron chi connectivity index (χ2n) is 7.01. The number of rotatable bonds is 4. The van der Waals surface area contributed by atoms with Crippen molar-refractivity contribution in [2.75, 3.05) is 19.7 Å². The van der Waals surface area contributed by atoms with Crippen molar-refractivity contribution in [3.63, 3.8) is 0 Å². The standard InChI is InChI=1S/C15H22F6N2O4/c1-9(2)8-26-11(24)22-13(3)4-6-23(7-5-13)12(25)27-10(14(16,17)18)15(19,20)21/h9-10H,4-8H2,1-3H3,(H,22,24). The van der Waals surface area contributed by atoms with Crippen molar-refractivity contribution in [1.29, 1.82) is 0 Å². The van der Waals surface area contributed by atoms with Crippen LogP contribution in [-0.2, 0) is 9.47 Å². The first-order valence-corrected chi connectivity index (χ1v) is 8.18. The number of alkyl carbamates (subject to hydrolysis) is 1. The van der Waals surface area contributed by atoms with Gasteiger partial charge in [-0.15, -0.1) is 0 Å². The lowest BCUT2D eigenvalue weighted by Gasteiger charge is -2.39. The zero-order chi connectivity index (χ0) is 21.0. The van der Waals surface area contributed by atoms with Crippen LogP contribution in [0.2, 0.25) is 0 Å². The molecule has 1 fully saturated rings. The number of carbonyl (C=O) groups excluding carboxylic acids is 2. The minimum Gasteiger partial charge on any atom is -0.449 e. The molecule has 158 valence electrons. The van der Waals surface area contributed by atoms with E-state index in [1.165, 1.54) is 0 Å². The van der Waals surface area contributed by atoms with Crippen LogP contribution in [-0.4, -0.2) is 60.8 Å². The van der Waals surface area contributed by atoms with Gasteiger partial charge in [0.2, 0.25) is 0 Å². The third-order valence-corrected chi connectivity index (χ3v) is 3.89. The van der Waals surface area contributed by atoms with Crippen molar-refractivity contribution < 1.29 is 45.4 Å². The average molecular weight is 408 g/mol. The van der Waals surface area contributed by atoms with Gasteiger partial charge in [0.1, 0.15) is 0 Å². The Hall–Kier alpha value is -1.88. The van der Waals surface area contributed by atoms with E-state index in [-0.39, 0.29) is 38.5 Å². The Balaban J connectivity index is 2.60. The van der Waals surface area contributed by atoms with Crippen molar-refractivity contribution >= 4 is 12.2 Å². The molecule has 1 heterocycles. The van der Waals surface area contributed by atoms with Crippen LogP contribution in [0.15, 0.2) is 0 Å². The van der Waals surface area contributed by atoms with E-state index in [2.05, 4.69) is 10.1 Å². The van der Waals surface area contributed by atoms with Crippen molar-refractivity contribution in [2.24, 2.45) is 5.92 Å². The SMILES string of the molecule is CC(C)COC(=O)NC1(C)CCN(C(=O)OC(C(F)(F)F)C(F)(F)F)CC1. The average Bonchev–Trinajstić information content (AvgIpc) is 2.48. The van der Waals surface area contributed by atoms with E-state index in [1.54, 1.807) is 6.92 Å². The maximum Gasteiger partial charge on any atom is 0.434 e. The normalized spacial score (nSPS) is 17.8.